The summed E-state index contributed by atoms with van der Waals surface area (Å²) in [6, 6.07) is 10.4. The minimum absolute atomic E-state index is 0.380. The van der Waals surface area contributed by atoms with Crippen LogP contribution in [0, 0.1) is 18.3 Å². The first-order chi connectivity index (χ1) is 9.79. The van der Waals surface area contributed by atoms with Crippen molar-refractivity contribution >= 4 is 5.69 Å². The van der Waals surface area contributed by atoms with E-state index in [-0.39, 0.29) is 0 Å². The fourth-order valence-electron chi connectivity index (χ4n) is 2.63. The van der Waals surface area contributed by atoms with Crippen LogP contribution in [0.25, 0.3) is 5.69 Å². The molecule has 5 heteroatoms. The van der Waals surface area contributed by atoms with Gasteiger partial charge in [0, 0.05) is 18.8 Å². The molecule has 0 amide bonds. The molecule has 0 saturated carbocycles. The predicted molar refractivity (Wildman–Crippen MR) is 76.9 cm³/mol. The fourth-order valence-corrected chi connectivity index (χ4v) is 2.63. The van der Waals surface area contributed by atoms with Crippen molar-refractivity contribution in [1.29, 1.82) is 5.26 Å². The molecule has 1 aromatic heterocycles. The Morgan fingerprint density at radius 1 is 1.05 bits per heavy atom. The quantitative estimate of drug-likeness (QED) is 0.838. The summed E-state index contributed by atoms with van der Waals surface area (Å²) >= 11 is 0. The lowest BCUT2D eigenvalue weighted by Crippen LogP contribution is -2.29. The van der Waals surface area contributed by atoms with Gasteiger partial charge in [0.05, 0.1) is 11.4 Å². The molecule has 0 atom stereocenters. The van der Waals surface area contributed by atoms with Crippen molar-refractivity contribution < 1.29 is 0 Å². The second-order valence-corrected chi connectivity index (χ2v) is 5.11. The first kappa shape index (κ1) is 12.7. The highest BCUT2D eigenvalue weighted by Gasteiger charge is 2.12. The number of piperidine rings is 1. The van der Waals surface area contributed by atoms with Crippen LogP contribution < -0.4 is 4.90 Å². The zero-order valence-corrected chi connectivity index (χ0v) is 11.6. The molecule has 1 aliphatic rings. The summed E-state index contributed by atoms with van der Waals surface area (Å²) in [4.78, 5) is 2.42. The minimum Gasteiger partial charge on any atom is -0.372 e. The number of nitrogens with zero attached hydrogens (tertiary/aromatic N) is 5. The van der Waals surface area contributed by atoms with Crippen LogP contribution in [0.2, 0.25) is 0 Å². The Morgan fingerprint density at radius 2 is 1.70 bits per heavy atom. The Kier molecular flexibility index (Phi) is 3.38. The SMILES string of the molecule is Cc1c(C#N)nnn1-c1ccc(N2CCCCC2)cc1. The van der Waals surface area contributed by atoms with Gasteiger partial charge in [-0.2, -0.15) is 5.26 Å². The molecule has 0 radical (unpaired) electrons. The molecule has 2 aromatic rings. The van der Waals surface area contributed by atoms with Crippen LogP contribution >= 0.6 is 0 Å². The van der Waals surface area contributed by atoms with Crippen molar-refractivity contribution in [3.8, 4) is 11.8 Å². The molecule has 1 saturated heterocycles. The van der Waals surface area contributed by atoms with Crippen LogP contribution in [-0.2, 0) is 0 Å². The van der Waals surface area contributed by atoms with Crippen molar-refractivity contribution in [1.82, 2.24) is 15.0 Å². The first-order valence-electron chi connectivity index (χ1n) is 6.97. The lowest BCUT2D eigenvalue weighted by molar-refractivity contribution is 0.578. The summed E-state index contributed by atoms with van der Waals surface area (Å²) in [5.41, 5.74) is 3.35. The molecule has 102 valence electrons. The number of nitriles is 1. The second-order valence-electron chi connectivity index (χ2n) is 5.11. The van der Waals surface area contributed by atoms with E-state index >= 15 is 0 Å². The van der Waals surface area contributed by atoms with Crippen LogP contribution in [0.3, 0.4) is 0 Å². The maximum absolute atomic E-state index is 8.92. The van der Waals surface area contributed by atoms with Crippen LogP contribution in [0.5, 0.6) is 0 Å². The van der Waals surface area contributed by atoms with Gasteiger partial charge in [0.2, 0.25) is 0 Å². The Bertz CT molecular complexity index is 629. The molecule has 1 aromatic carbocycles. The Hall–Kier alpha value is -2.35. The van der Waals surface area contributed by atoms with E-state index in [0.29, 0.717) is 5.69 Å². The topological polar surface area (TPSA) is 57.7 Å². The van der Waals surface area contributed by atoms with Gasteiger partial charge in [-0.05, 0) is 50.5 Å². The van der Waals surface area contributed by atoms with E-state index in [9.17, 15) is 0 Å². The van der Waals surface area contributed by atoms with Crippen molar-refractivity contribution in [2.45, 2.75) is 26.2 Å². The lowest BCUT2D eigenvalue weighted by atomic mass is 10.1. The summed E-state index contributed by atoms with van der Waals surface area (Å²) in [5, 5.41) is 16.8. The number of rotatable bonds is 2. The highest BCUT2D eigenvalue weighted by atomic mass is 15.4. The van der Waals surface area contributed by atoms with E-state index in [0.717, 1.165) is 24.5 Å². The zero-order chi connectivity index (χ0) is 13.9. The summed E-state index contributed by atoms with van der Waals surface area (Å²) in [6.07, 6.45) is 3.88. The van der Waals surface area contributed by atoms with Crippen LogP contribution in [-0.4, -0.2) is 28.1 Å². The smallest absolute Gasteiger partial charge is 0.186 e. The molecule has 5 nitrogen and oxygen atoms in total. The summed E-state index contributed by atoms with van der Waals surface area (Å²) in [7, 11) is 0. The normalized spacial score (nSPS) is 15.1. The van der Waals surface area contributed by atoms with Gasteiger partial charge >= 0.3 is 0 Å². The van der Waals surface area contributed by atoms with Gasteiger partial charge in [-0.3, -0.25) is 0 Å². The molecule has 1 fully saturated rings. The zero-order valence-electron chi connectivity index (χ0n) is 11.6. The number of hydrogen-bond donors (Lipinski definition) is 0. The molecule has 0 unspecified atom stereocenters. The van der Waals surface area contributed by atoms with E-state index in [2.05, 4.69) is 27.3 Å². The van der Waals surface area contributed by atoms with Crippen LogP contribution in [0.1, 0.15) is 30.7 Å². The lowest BCUT2D eigenvalue weighted by Gasteiger charge is -2.28. The molecule has 20 heavy (non-hydrogen) atoms. The fraction of sp³-hybridized carbons (Fsp3) is 0.400. The Labute approximate surface area is 118 Å². The van der Waals surface area contributed by atoms with Gasteiger partial charge < -0.3 is 4.90 Å². The minimum atomic E-state index is 0.380. The Balaban J connectivity index is 1.85. The number of benzene rings is 1. The molecular weight excluding hydrogens is 250 g/mol. The third-order valence-corrected chi connectivity index (χ3v) is 3.82. The van der Waals surface area contributed by atoms with Crippen molar-refractivity contribution in [3.63, 3.8) is 0 Å². The standard InChI is InChI=1S/C15H17N5/c1-12-15(11-16)17-18-20(12)14-7-5-13(6-8-14)19-9-3-2-4-10-19/h5-8H,2-4,9-10H2,1H3. The monoisotopic (exact) mass is 267 g/mol. The van der Waals surface area contributed by atoms with Gasteiger partial charge in [-0.15, -0.1) is 5.10 Å². The number of anilines is 1. The maximum Gasteiger partial charge on any atom is 0.186 e. The average molecular weight is 267 g/mol. The maximum atomic E-state index is 8.92. The van der Waals surface area contributed by atoms with Gasteiger partial charge in [0.1, 0.15) is 6.07 Å². The summed E-state index contributed by atoms with van der Waals surface area (Å²) in [5.74, 6) is 0. The molecule has 3 rings (SSSR count). The highest BCUT2D eigenvalue weighted by molar-refractivity contribution is 5.51. The van der Waals surface area contributed by atoms with Crippen molar-refractivity contribution in [2.75, 3.05) is 18.0 Å². The highest BCUT2D eigenvalue weighted by Crippen LogP contribution is 2.21. The van der Waals surface area contributed by atoms with E-state index in [1.807, 2.05) is 25.1 Å². The van der Waals surface area contributed by atoms with Gasteiger partial charge in [0.25, 0.3) is 0 Å². The van der Waals surface area contributed by atoms with Gasteiger partial charge in [-0.25, -0.2) is 4.68 Å². The van der Waals surface area contributed by atoms with Crippen LogP contribution in [0.15, 0.2) is 24.3 Å². The molecule has 0 aliphatic carbocycles. The van der Waals surface area contributed by atoms with E-state index < -0.39 is 0 Å². The largest absolute Gasteiger partial charge is 0.372 e. The van der Waals surface area contributed by atoms with Gasteiger partial charge in [-0.1, -0.05) is 5.21 Å². The van der Waals surface area contributed by atoms with Crippen LogP contribution in [0.4, 0.5) is 5.69 Å². The first-order valence-corrected chi connectivity index (χ1v) is 6.97. The average Bonchev–Trinajstić information content (AvgIpc) is 2.89. The molecule has 1 aliphatic heterocycles. The van der Waals surface area contributed by atoms with E-state index in [1.54, 1.807) is 4.68 Å². The second kappa shape index (κ2) is 5.33. The Morgan fingerprint density at radius 3 is 2.30 bits per heavy atom. The summed E-state index contributed by atoms with van der Waals surface area (Å²) in [6.45, 7) is 4.14. The third kappa shape index (κ3) is 2.25. The third-order valence-electron chi connectivity index (χ3n) is 3.82. The van der Waals surface area contributed by atoms with E-state index in [4.69, 9.17) is 5.26 Å². The summed E-state index contributed by atoms with van der Waals surface area (Å²) < 4.78 is 1.71. The predicted octanol–water partition coefficient (Wildman–Crippen LogP) is 2.44. The number of aromatic nitrogens is 3. The van der Waals surface area contributed by atoms with Gasteiger partial charge in [0.15, 0.2) is 5.69 Å². The molecule has 0 bridgehead atoms. The van der Waals surface area contributed by atoms with E-state index in [1.165, 1.54) is 24.9 Å². The van der Waals surface area contributed by atoms with Crippen molar-refractivity contribution in [3.05, 3.63) is 35.7 Å². The van der Waals surface area contributed by atoms with Crippen molar-refractivity contribution in [2.24, 2.45) is 0 Å². The molecule has 0 spiro atoms. The molecule has 2 heterocycles. The molecular formula is C15H17N5. The molecule has 0 N–H and O–H groups in total. The number of hydrogen-bond acceptors (Lipinski definition) is 4.